The van der Waals surface area contributed by atoms with Crippen molar-refractivity contribution < 1.29 is 26.3 Å². The van der Waals surface area contributed by atoms with E-state index >= 15 is 0 Å². The van der Waals surface area contributed by atoms with Gasteiger partial charge in [-0.3, -0.25) is 0 Å². The van der Waals surface area contributed by atoms with Gasteiger partial charge in [-0.25, -0.2) is 0 Å². The highest BCUT2D eigenvalue weighted by atomic mass is 19.4. The molecule has 1 aliphatic heterocycles. The first-order valence-electron chi connectivity index (χ1n) is 9.27. The molecule has 1 fully saturated rings. The van der Waals surface area contributed by atoms with E-state index in [9.17, 15) is 26.3 Å². The lowest BCUT2D eigenvalue weighted by Crippen LogP contribution is -2.50. The number of likely N-dealkylation sites (tertiary alicyclic amines) is 1. The van der Waals surface area contributed by atoms with Crippen LogP contribution in [0.5, 0.6) is 0 Å². The third-order valence-electron chi connectivity index (χ3n) is 5.45. The van der Waals surface area contributed by atoms with Gasteiger partial charge in [-0.05, 0) is 62.3 Å². The molecular weight excluding hydrogens is 394 g/mol. The smallest absolute Gasteiger partial charge is 0.306 e. The summed E-state index contributed by atoms with van der Waals surface area (Å²) in [5.74, 6) is 0. The van der Waals surface area contributed by atoms with Crippen molar-refractivity contribution in [3.63, 3.8) is 0 Å². The topological polar surface area (TPSA) is 15.3 Å². The largest absolute Gasteiger partial charge is 0.416 e. The summed E-state index contributed by atoms with van der Waals surface area (Å²) in [5, 5.41) is 3.28. The second kappa shape index (κ2) is 7.99. The van der Waals surface area contributed by atoms with Gasteiger partial charge in [0.1, 0.15) is 0 Å². The maximum atomic E-state index is 13.1. The third kappa shape index (κ3) is 5.11. The van der Waals surface area contributed by atoms with Gasteiger partial charge < -0.3 is 10.2 Å². The first kappa shape index (κ1) is 21.6. The van der Waals surface area contributed by atoms with Crippen molar-refractivity contribution in [3.05, 3.63) is 70.8 Å². The number of hydrogen-bond donors (Lipinski definition) is 1. The molecule has 1 aliphatic rings. The van der Waals surface area contributed by atoms with Crippen molar-refractivity contribution in [2.45, 2.75) is 37.3 Å². The van der Waals surface area contributed by atoms with Gasteiger partial charge in [0.2, 0.25) is 0 Å². The quantitative estimate of drug-likeness (QED) is 0.669. The minimum Gasteiger partial charge on any atom is -0.306 e. The number of nitrogens with one attached hydrogen (secondary N) is 1. The SMILES string of the molecule is CN1CCC(NCc2cc(C(F)(F)F)cc(C(F)(F)F)c2)(c2ccccc2)CC1. The number of alkyl halides is 6. The molecule has 0 saturated carbocycles. The predicted octanol–water partition coefficient (Wildman–Crippen LogP) is 5.43. The number of piperidine rings is 1. The Labute approximate surface area is 165 Å². The molecule has 29 heavy (non-hydrogen) atoms. The van der Waals surface area contributed by atoms with Gasteiger partial charge in [-0.2, -0.15) is 26.3 Å². The van der Waals surface area contributed by atoms with Crippen LogP contribution in [-0.2, 0) is 24.4 Å². The van der Waals surface area contributed by atoms with E-state index in [-0.39, 0.29) is 18.2 Å². The summed E-state index contributed by atoms with van der Waals surface area (Å²) >= 11 is 0. The summed E-state index contributed by atoms with van der Waals surface area (Å²) in [7, 11) is 1.98. The lowest BCUT2D eigenvalue weighted by atomic mass is 9.80. The highest BCUT2D eigenvalue weighted by molar-refractivity contribution is 5.34. The van der Waals surface area contributed by atoms with E-state index in [2.05, 4.69) is 10.2 Å². The molecular formula is C21H22F6N2. The fourth-order valence-corrected chi connectivity index (χ4v) is 3.72. The van der Waals surface area contributed by atoms with Crippen LogP contribution in [0.4, 0.5) is 26.3 Å². The Bertz CT molecular complexity index is 789. The standard InChI is InChI=1S/C21H22F6N2/c1-29-9-7-19(8-10-29,16-5-3-2-4-6-16)28-14-15-11-17(20(22,23)24)13-18(12-15)21(25,26)27/h2-6,11-13,28H,7-10,14H2,1H3. The Hall–Kier alpha value is -2.06. The van der Waals surface area contributed by atoms with E-state index in [0.717, 1.165) is 30.8 Å². The zero-order valence-corrected chi connectivity index (χ0v) is 15.9. The van der Waals surface area contributed by atoms with Gasteiger partial charge in [0.05, 0.1) is 11.1 Å². The average Bonchev–Trinajstić information content (AvgIpc) is 2.67. The molecule has 8 heteroatoms. The van der Waals surface area contributed by atoms with Crippen LogP contribution >= 0.6 is 0 Å². The van der Waals surface area contributed by atoms with Crippen LogP contribution in [-0.4, -0.2) is 25.0 Å². The van der Waals surface area contributed by atoms with Crippen LogP contribution in [0.25, 0.3) is 0 Å². The fraction of sp³-hybridized carbons (Fsp3) is 0.429. The minimum atomic E-state index is -4.85. The first-order chi connectivity index (χ1) is 13.5. The summed E-state index contributed by atoms with van der Waals surface area (Å²) in [6.07, 6.45) is -8.28. The lowest BCUT2D eigenvalue weighted by molar-refractivity contribution is -0.143. The Balaban J connectivity index is 1.91. The third-order valence-corrected chi connectivity index (χ3v) is 5.45. The van der Waals surface area contributed by atoms with Crippen LogP contribution in [0.3, 0.4) is 0 Å². The Kier molecular flexibility index (Phi) is 5.96. The van der Waals surface area contributed by atoms with Crippen molar-refractivity contribution in [1.29, 1.82) is 0 Å². The van der Waals surface area contributed by atoms with E-state index in [1.165, 1.54) is 0 Å². The van der Waals surface area contributed by atoms with Gasteiger partial charge in [-0.1, -0.05) is 30.3 Å². The molecule has 1 N–H and O–H groups in total. The fourth-order valence-electron chi connectivity index (χ4n) is 3.72. The van der Waals surface area contributed by atoms with Gasteiger partial charge in [0.15, 0.2) is 0 Å². The van der Waals surface area contributed by atoms with Crippen LogP contribution in [0.2, 0.25) is 0 Å². The molecule has 0 unspecified atom stereocenters. The first-order valence-corrected chi connectivity index (χ1v) is 9.27. The van der Waals surface area contributed by atoms with E-state index in [1.54, 1.807) is 0 Å². The molecule has 0 amide bonds. The van der Waals surface area contributed by atoms with Gasteiger partial charge in [0, 0.05) is 12.1 Å². The van der Waals surface area contributed by atoms with E-state index in [0.29, 0.717) is 12.8 Å². The zero-order valence-electron chi connectivity index (χ0n) is 15.9. The summed E-state index contributed by atoms with van der Waals surface area (Å²) in [5.41, 5.74) is -2.14. The normalized spacial score (nSPS) is 18.0. The highest BCUT2D eigenvalue weighted by Gasteiger charge is 2.38. The zero-order chi connectivity index (χ0) is 21.3. The Morgan fingerprint density at radius 3 is 1.86 bits per heavy atom. The summed E-state index contributed by atoms with van der Waals surface area (Å²) < 4.78 is 78.7. The van der Waals surface area contributed by atoms with Gasteiger partial charge in [-0.15, -0.1) is 0 Å². The van der Waals surface area contributed by atoms with Gasteiger partial charge >= 0.3 is 12.4 Å². The molecule has 0 aliphatic carbocycles. The summed E-state index contributed by atoms with van der Waals surface area (Å²) in [6, 6.07) is 11.2. The summed E-state index contributed by atoms with van der Waals surface area (Å²) in [6.45, 7) is 1.46. The minimum absolute atomic E-state index is 0.0404. The molecule has 0 atom stereocenters. The lowest BCUT2D eigenvalue weighted by Gasteiger charge is -2.42. The number of benzene rings is 2. The number of rotatable bonds is 4. The van der Waals surface area contributed by atoms with E-state index < -0.39 is 29.0 Å². The van der Waals surface area contributed by atoms with E-state index in [4.69, 9.17) is 0 Å². The van der Waals surface area contributed by atoms with Crippen molar-refractivity contribution in [2.24, 2.45) is 0 Å². The highest BCUT2D eigenvalue weighted by Crippen LogP contribution is 2.37. The number of nitrogens with zero attached hydrogens (tertiary/aromatic N) is 1. The maximum absolute atomic E-state index is 13.1. The van der Waals surface area contributed by atoms with Crippen LogP contribution < -0.4 is 5.32 Å². The van der Waals surface area contributed by atoms with E-state index in [1.807, 2.05) is 37.4 Å². The number of halogens is 6. The molecule has 1 heterocycles. The van der Waals surface area contributed by atoms with Crippen molar-refractivity contribution >= 4 is 0 Å². The Morgan fingerprint density at radius 1 is 0.862 bits per heavy atom. The second-order valence-corrected chi connectivity index (χ2v) is 7.52. The van der Waals surface area contributed by atoms with Crippen LogP contribution in [0.15, 0.2) is 48.5 Å². The molecule has 3 rings (SSSR count). The van der Waals surface area contributed by atoms with Crippen molar-refractivity contribution in [1.82, 2.24) is 10.2 Å². The molecule has 1 saturated heterocycles. The number of hydrogen-bond acceptors (Lipinski definition) is 2. The molecule has 158 valence electrons. The molecule has 0 spiro atoms. The molecule has 2 aromatic rings. The monoisotopic (exact) mass is 416 g/mol. The van der Waals surface area contributed by atoms with Gasteiger partial charge in [0.25, 0.3) is 0 Å². The molecule has 2 nitrogen and oxygen atoms in total. The predicted molar refractivity (Wildman–Crippen MR) is 98.1 cm³/mol. The summed E-state index contributed by atoms with van der Waals surface area (Å²) in [4.78, 5) is 2.15. The van der Waals surface area contributed by atoms with Crippen molar-refractivity contribution in [2.75, 3.05) is 20.1 Å². The maximum Gasteiger partial charge on any atom is 0.416 e. The Morgan fingerprint density at radius 2 is 1.38 bits per heavy atom. The average molecular weight is 416 g/mol. The second-order valence-electron chi connectivity index (χ2n) is 7.52. The molecule has 0 aromatic heterocycles. The molecule has 2 aromatic carbocycles. The van der Waals surface area contributed by atoms with Crippen molar-refractivity contribution in [3.8, 4) is 0 Å². The molecule has 0 bridgehead atoms. The van der Waals surface area contributed by atoms with Crippen LogP contribution in [0, 0.1) is 0 Å². The molecule has 0 radical (unpaired) electrons. The van der Waals surface area contributed by atoms with Crippen LogP contribution in [0.1, 0.15) is 35.1 Å².